The van der Waals surface area contributed by atoms with Gasteiger partial charge in [0.25, 0.3) is 0 Å². The van der Waals surface area contributed by atoms with Crippen LogP contribution in [0.3, 0.4) is 0 Å². The van der Waals surface area contributed by atoms with E-state index in [0.717, 1.165) is 44.0 Å². The molecule has 2 aliphatic rings. The smallest absolute Gasteiger partial charge is 0.184 e. The average molecular weight is 276 g/mol. The van der Waals surface area contributed by atoms with Crippen molar-refractivity contribution in [2.45, 2.75) is 32.2 Å². The number of fused-ring (bicyclic) bond motifs is 1. The zero-order valence-electron chi connectivity index (χ0n) is 12.4. The van der Waals surface area contributed by atoms with E-state index in [4.69, 9.17) is 9.47 Å². The second kappa shape index (κ2) is 5.52. The molecular weight excluding hydrogens is 252 g/mol. The van der Waals surface area contributed by atoms with E-state index in [2.05, 4.69) is 36.2 Å². The second-order valence-electron chi connectivity index (χ2n) is 5.56. The lowest BCUT2D eigenvalue weighted by Crippen LogP contribution is -2.61. The zero-order chi connectivity index (χ0) is 14.0. The molecule has 1 saturated heterocycles. The Kier molecular flexibility index (Phi) is 3.74. The number of hydrogen-bond acceptors (Lipinski definition) is 4. The summed E-state index contributed by atoms with van der Waals surface area (Å²) < 4.78 is 11.6. The Bertz CT molecular complexity index is 472. The van der Waals surface area contributed by atoms with Crippen LogP contribution >= 0.6 is 0 Å². The largest absolute Gasteiger partial charge is 0.486 e. The highest BCUT2D eigenvalue weighted by Gasteiger charge is 2.37. The number of piperazine rings is 1. The first-order chi connectivity index (χ1) is 9.80. The third kappa shape index (κ3) is 2.12. The zero-order valence-corrected chi connectivity index (χ0v) is 12.4. The van der Waals surface area contributed by atoms with Gasteiger partial charge in [-0.3, -0.25) is 0 Å². The van der Waals surface area contributed by atoms with E-state index < -0.39 is 0 Å². The van der Waals surface area contributed by atoms with Crippen molar-refractivity contribution in [1.29, 1.82) is 0 Å². The number of rotatable bonds is 3. The molecule has 110 valence electrons. The number of nitrogens with zero attached hydrogens (tertiary/aromatic N) is 1. The van der Waals surface area contributed by atoms with Crippen LogP contribution in [0, 0.1) is 0 Å². The predicted octanol–water partition coefficient (Wildman–Crippen LogP) is 2.43. The summed E-state index contributed by atoms with van der Waals surface area (Å²) in [7, 11) is 0. The number of hydrogen-bond donors (Lipinski definition) is 1. The molecule has 0 bridgehead atoms. The van der Waals surface area contributed by atoms with Crippen molar-refractivity contribution >= 4 is 5.69 Å². The first kappa shape index (κ1) is 13.6. The van der Waals surface area contributed by atoms with Crippen LogP contribution in [0.25, 0.3) is 0 Å². The third-order valence-corrected chi connectivity index (χ3v) is 4.69. The van der Waals surface area contributed by atoms with Crippen molar-refractivity contribution in [2.24, 2.45) is 0 Å². The highest BCUT2D eigenvalue weighted by molar-refractivity contribution is 5.66. The molecule has 0 aliphatic carbocycles. The van der Waals surface area contributed by atoms with E-state index >= 15 is 0 Å². The van der Waals surface area contributed by atoms with E-state index in [0.29, 0.717) is 13.2 Å². The number of nitrogens with one attached hydrogen (secondary N) is 1. The van der Waals surface area contributed by atoms with Crippen LogP contribution in [0.2, 0.25) is 0 Å². The third-order valence-electron chi connectivity index (χ3n) is 4.69. The molecule has 0 spiro atoms. The molecule has 0 radical (unpaired) electrons. The lowest BCUT2D eigenvalue weighted by Gasteiger charge is -2.49. The molecule has 2 aliphatic heterocycles. The minimum absolute atomic E-state index is 0.175. The summed E-state index contributed by atoms with van der Waals surface area (Å²) in [5.41, 5.74) is 1.36. The molecule has 0 amide bonds. The normalized spacial score (nSPS) is 20.8. The van der Waals surface area contributed by atoms with Crippen LogP contribution < -0.4 is 19.7 Å². The molecule has 1 fully saturated rings. The molecule has 3 rings (SSSR count). The van der Waals surface area contributed by atoms with Gasteiger partial charge in [-0.25, -0.2) is 0 Å². The van der Waals surface area contributed by atoms with Gasteiger partial charge >= 0.3 is 0 Å². The van der Waals surface area contributed by atoms with Crippen molar-refractivity contribution in [3.05, 3.63) is 18.2 Å². The first-order valence-electron chi connectivity index (χ1n) is 7.68. The Morgan fingerprint density at radius 3 is 2.80 bits per heavy atom. The Labute approximate surface area is 121 Å². The Morgan fingerprint density at radius 1 is 1.20 bits per heavy atom. The Morgan fingerprint density at radius 2 is 2.00 bits per heavy atom. The summed E-state index contributed by atoms with van der Waals surface area (Å²) in [5, 5.41) is 3.54. The molecule has 0 unspecified atom stereocenters. The summed E-state index contributed by atoms with van der Waals surface area (Å²) in [6.07, 6.45) is 2.25. The van der Waals surface area contributed by atoms with E-state index in [9.17, 15) is 0 Å². The van der Waals surface area contributed by atoms with Gasteiger partial charge in [0.2, 0.25) is 0 Å². The standard InChI is InChI=1S/C16H24N2O2/c1-3-16(4-2)12-17-8-9-18(16)13-6-5-7-14-15(13)20-11-10-19-14/h5-7,17H,3-4,8-12H2,1-2H3. The summed E-state index contributed by atoms with van der Waals surface area (Å²) in [5.74, 6) is 1.81. The minimum Gasteiger partial charge on any atom is -0.486 e. The molecular formula is C16H24N2O2. The van der Waals surface area contributed by atoms with Gasteiger partial charge in [0.15, 0.2) is 11.5 Å². The number of benzene rings is 1. The van der Waals surface area contributed by atoms with Gasteiger partial charge in [-0.05, 0) is 25.0 Å². The lowest BCUT2D eigenvalue weighted by molar-refractivity contribution is 0.170. The van der Waals surface area contributed by atoms with Crippen LogP contribution in [0.5, 0.6) is 11.5 Å². The van der Waals surface area contributed by atoms with E-state index in [1.807, 2.05) is 6.07 Å². The molecule has 0 atom stereocenters. The average Bonchev–Trinajstić information content (AvgIpc) is 2.54. The molecule has 1 aromatic carbocycles. The van der Waals surface area contributed by atoms with Gasteiger partial charge in [-0.15, -0.1) is 0 Å². The van der Waals surface area contributed by atoms with Gasteiger partial charge in [-0.1, -0.05) is 19.9 Å². The predicted molar refractivity (Wildman–Crippen MR) is 81.0 cm³/mol. The maximum atomic E-state index is 5.90. The van der Waals surface area contributed by atoms with E-state index in [1.54, 1.807) is 0 Å². The Balaban J connectivity index is 2.02. The van der Waals surface area contributed by atoms with Crippen molar-refractivity contribution in [2.75, 3.05) is 37.7 Å². The van der Waals surface area contributed by atoms with Crippen LogP contribution in [-0.2, 0) is 0 Å². The van der Waals surface area contributed by atoms with Crippen molar-refractivity contribution < 1.29 is 9.47 Å². The maximum absolute atomic E-state index is 5.90. The van der Waals surface area contributed by atoms with Gasteiger partial charge in [-0.2, -0.15) is 0 Å². The van der Waals surface area contributed by atoms with E-state index in [1.165, 1.54) is 5.69 Å². The molecule has 2 heterocycles. The van der Waals surface area contributed by atoms with Crippen LogP contribution in [0.15, 0.2) is 18.2 Å². The molecule has 4 nitrogen and oxygen atoms in total. The Hall–Kier alpha value is -1.42. The molecule has 20 heavy (non-hydrogen) atoms. The SMILES string of the molecule is CCC1(CC)CNCCN1c1cccc2c1OCCO2. The quantitative estimate of drug-likeness (QED) is 0.919. The van der Waals surface area contributed by atoms with Crippen LogP contribution in [0.4, 0.5) is 5.69 Å². The van der Waals surface area contributed by atoms with Crippen molar-refractivity contribution in [3.63, 3.8) is 0 Å². The fourth-order valence-electron chi connectivity index (χ4n) is 3.37. The fourth-order valence-corrected chi connectivity index (χ4v) is 3.37. The summed E-state index contributed by atoms with van der Waals surface area (Å²) >= 11 is 0. The summed E-state index contributed by atoms with van der Waals surface area (Å²) in [6.45, 7) is 8.90. The highest BCUT2D eigenvalue weighted by Crippen LogP contribution is 2.43. The van der Waals surface area contributed by atoms with Gasteiger partial charge < -0.3 is 19.7 Å². The maximum Gasteiger partial charge on any atom is 0.184 e. The second-order valence-corrected chi connectivity index (χ2v) is 5.56. The molecule has 1 aromatic rings. The highest BCUT2D eigenvalue weighted by atomic mass is 16.6. The van der Waals surface area contributed by atoms with Crippen LogP contribution in [-0.4, -0.2) is 38.4 Å². The minimum atomic E-state index is 0.175. The fraction of sp³-hybridized carbons (Fsp3) is 0.625. The van der Waals surface area contributed by atoms with Crippen molar-refractivity contribution in [3.8, 4) is 11.5 Å². The van der Waals surface area contributed by atoms with Gasteiger partial charge in [0.05, 0.1) is 11.2 Å². The monoisotopic (exact) mass is 276 g/mol. The first-order valence-corrected chi connectivity index (χ1v) is 7.68. The van der Waals surface area contributed by atoms with Crippen LogP contribution in [0.1, 0.15) is 26.7 Å². The van der Waals surface area contributed by atoms with E-state index in [-0.39, 0.29) is 5.54 Å². The number of para-hydroxylation sites is 1. The topological polar surface area (TPSA) is 33.7 Å². The summed E-state index contributed by atoms with van der Waals surface area (Å²) in [4.78, 5) is 2.52. The molecule has 0 saturated carbocycles. The molecule has 4 heteroatoms. The number of anilines is 1. The molecule has 1 N–H and O–H groups in total. The van der Waals surface area contributed by atoms with Gasteiger partial charge in [0.1, 0.15) is 13.2 Å². The molecule has 0 aromatic heterocycles. The van der Waals surface area contributed by atoms with Crippen molar-refractivity contribution in [1.82, 2.24) is 5.32 Å². The lowest BCUT2D eigenvalue weighted by atomic mass is 9.88. The van der Waals surface area contributed by atoms with Gasteiger partial charge in [0, 0.05) is 19.6 Å². The number of ether oxygens (including phenoxy) is 2. The summed E-state index contributed by atoms with van der Waals surface area (Å²) in [6, 6.07) is 6.24.